The van der Waals surface area contributed by atoms with Gasteiger partial charge in [-0.3, -0.25) is 10.00 Å². The maximum atomic E-state index is 15.7. The average molecular weight is 512 g/mol. The van der Waals surface area contributed by atoms with E-state index in [9.17, 15) is 4.79 Å². The van der Waals surface area contributed by atoms with Gasteiger partial charge in [-0.05, 0) is 57.5 Å². The summed E-state index contributed by atoms with van der Waals surface area (Å²) in [6.07, 6.45) is -0.761. The summed E-state index contributed by atoms with van der Waals surface area (Å²) in [5.74, 6) is 0.142. The van der Waals surface area contributed by atoms with Crippen molar-refractivity contribution in [2.75, 3.05) is 49.4 Å². The summed E-state index contributed by atoms with van der Waals surface area (Å²) in [6, 6.07) is 10.8. The maximum Gasteiger partial charge on any atom is 0.412 e. The van der Waals surface area contributed by atoms with Crippen LogP contribution < -0.4 is 20.7 Å². The maximum absolute atomic E-state index is 15.7. The van der Waals surface area contributed by atoms with E-state index in [2.05, 4.69) is 10.4 Å². The zero-order valence-corrected chi connectivity index (χ0v) is 21.9. The minimum atomic E-state index is -0.761. The minimum absolute atomic E-state index is 0.0196. The molecule has 9 nitrogen and oxygen atoms in total. The van der Waals surface area contributed by atoms with Crippen LogP contribution in [0.5, 0.6) is 5.75 Å². The normalized spacial score (nSPS) is 13.9. The number of nitrogens with two attached hydrogens (primary N) is 1. The highest BCUT2D eigenvalue weighted by atomic mass is 19.1. The SMILES string of the molecule is COc1ccc(Cn2nc(C)c(N)c2-c2cc(N3CCOCC3)cc(F)c2NC(=O)OC(C)(C)C)cc1. The summed E-state index contributed by atoms with van der Waals surface area (Å²) >= 11 is 0. The molecular weight excluding hydrogens is 477 g/mol. The first kappa shape index (κ1) is 26.3. The van der Waals surface area contributed by atoms with E-state index in [-0.39, 0.29) is 5.69 Å². The number of nitrogen functional groups attached to an aromatic ring is 1. The minimum Gasteiger partial charge on any atom is -0.497 e. The smallest absolute Gasteiger partial charge is 0.412 e. The number of carbonyl (C=O) groups excluding carboxylic acids is 1. The number of ether oxygens (including phenoxy) is 3. The summed E-state index contributed by atoms with van der Waals surface area (Å²) < 4.78 is 33.6. The Bertz CT molecular complexity index is 1260. The third-order valence-electron chi connectivity index (χ3n) is 6.00. The molecule has 1 amide bonds. The molecule has 10 heteroatoms. The summed E-state index contributed by atoms with van der Waals surface area (Å²) in [5, 5.41) is 7.25. The number of morpholine rings is 1. The zero-order chi connectivity index (χ0) is 26.7. The van der Waals surface area contributed by atoms with Crippen molar-refractivity contribution in [2.24, 2.45) is 0 Å². The van der Waals surface area contributed by atoms with Crippen molar-refractivity contribution in [3.63, 3.8) is 0 Å². The van der Waals surface area contributed by atoms with E-state index in [4.69, 9.17) is 19.9 Å². The molecule has 198 valence electrons. The molecule has 1 aromatic heterocycles. The predicted octanol–water partition coefficient (Wildman–Crippen LogP) is 4.82. The Kier molecular flexibility index (Phi) is 7.58. The highest BCUT2D eigenvalue weighted by Crippen LogP contribution is 2.39. The average Bonchev–Trinajstić information content (AvgIpc) is 3.12. The van der Waals surface area contributed by atoms with Crippen molar-refractivity contribution in [3.05, 3.63) is 53.5 Å². The van der Waals surface area contributed by atoms with Crippen molar-refractivity contribution < 1.29 is 23.4 Å². The van der Waals surface area contributed by atoms with E-state index in [1.165, 1.54) is 6.07 Å². The molecule has 0 spiro atoms. The summed E-state index contributed by atoms with van der Waals surface area (Å²) in [7, 11) is 1.61. The quantitative estimate of drug-likeness (QED) is 0.489. The van der Waals surface area contributed by atoms with E-state index in [0.717, 1.165) is 11.3 Å². The van der Waals surface area contributed by atoms with Gasteiger partial charge in [0.1, 0.15) is 17.2 Å². The first-order valence-corrected chi connectivity index (χ1v) is 12.2. The van der Waals surface area contributed by atoms with Gasteiger partial charge in [-0.15, -0.1) is 0 Å². The number of methoxy groups -OCH3 is 1. The van der Waals surface area contributed by atoms with Crippen LogP contribution in [0.2, 0.25) is 0 Å². The lowest BCUT2D eigenvalue weighted by Gasteiger charge is -2.30. The van der Waals surface area contributed by atoms with E-state index < -0.39 is 17.5 Å². The van der Waals surface area contributed by atoms with Gasteiger partial charge >= 0.3 is 6.09 Å². The number of halogens is 1. The van der Waals surface area contributed by atoms with Crippen molar-refractivity contribution in [1.29, 1.82) is 0 Å². The third kappa shape index (κ3) is 6.14. The van der Waals surface area contributed by atoms with E-state index in [1.807, 2.05) is 35.2 Å². The van der Waals surface area contributed by atoms with Gasteiger partial charge in [0.25, 0.3) is 0 Å². The fraction of sp³-hybridized carbons (Fsp3) is 0.407. The number of anilines is 3. The van der Waals surface area contributed by atoms with Gasteiger partial charge in [-0.1, -0.05) is 12.1 Å². The number of carbonyl (C=O) groups is 1. The first-order valence-electron chi connectivity index (χ1n) is 12.2. The number of aryl methyl sites for hydroxylation is 1. The molecule has 1 fully saturated rings. The van der Waals surface area contributed by atoms with Crippen LogP contribution >= 0.6 is 0 Å². The topological polar surface area (TPSA) is 104 Å². The Balaban J connectivity index is 1.82. The second-order valence-electron chi connectivity index (χ2n) is 9.93. The van der Waals surface area contributed by atoms with Gasteiger partial charge in [-0.2, -0.15) is 5.10 Å². The van der Waals surface area contributed by atoms with Crippen LogP contribution in [0.1, 0.15) is 32.0 Å². The van der Waals surface area contributed by atoms with Crippen LogP contribution in [0.25, 0.3) is 11.3 Å². The van der Waals surface area contributed by atoms with Crippen LogP contribution in [-0.2, 0) is 16.0 Å². The molecule has 1 saturated heterocycles. The number of hydrogen-bond donors (Lipinski definition) is 2. The van der Waals surface area contributed by atoms with Gasteiger partial charge in [0.05, 0.1) is 49.6 Å². The second-order valence-corrected chi connectivity index (χ2v) is 9.93. The van der Waals surface area contributed by atoms with Crippen LogP contribution in [0.4, 0.5) is 26.2 Å². The fourth-order valence-electron chi connectivity index (χ4n) is 4.21. The highest BCUT2D eigenvalue weighted by Gasteiger charge is 2.26. The molecule has 37 heavy (non-hydrogen) atoms. The van der Waals surface area contributed by atoms with Crippen molar-refractivity contribution in [2.45, 2.75) is 39.8 Å². The Morgan fingerprint density at radius 3 is 2.49 bits per heavy atom. The third-order valence-corrected chi connectivity index (χ3v) is 6.00. The molecule has 3 aromatic rings. The van der Waals surface area contributed by atoms with Crippen molar-refractivity contribution in [1.82, 2.24) is 9.78 Å². The molecule has 3 N–H and O–H groups in total. The van der Waals surface area contributed by atoms with Crippen LogP contribution in [0, 0.1) is 12.7 Å². The Morgan fingerprint density at radius 1 is 1.19 bits per heavy atom. The van der Waals surface area contributed by atoms with E-state index in [1.54, 1.807) is 39.5 Å². The number of rotatable bonds is 6. The molecular formula is C27H34FN5O4. The molecule has 4 rings (SSSR count). The van der Waals surface area contributed by atoms with Gasteiger partial charge in [0.15, 0.2) is 0 Å². The number of amides is 1. The molecule has 0 atom stereocenters. The van der Waals surface area contributed by atoms with E-state index >= 15 is 4.39 Å². The lowest BCUT2D eigenvalue weighted by molar-refractivity contribution is 0.0635. The number of benzene rings is 2. The lowest BCUT2D eigenvalue weighted by Crippen LogP contribution is -2.36. The predicted molar refractivity (Wildman–Crippen MR) is 142 cm³/mol. The number of nitrogens with zero attached hydrogens (tertiary/aromatic N) is 3. The Morgan fingerprint density at radius 2 is 1.86 bits per heavy atom. The zero-order valence-electron chi connectivity index (χ0n) is 21.9. The van der Waals surface area contributed by atoms with E-state index in [0.29, 0.717) is 61.2 Å². The van der Waals surface area contributed by atoms with Gasteiger partial charge in [0.2, 0.25) is 0 Å². The second kappa shape index (κ2) is 10.7. The molecule has 0 aliphatic carbocycles. The molecule has 0 unspecified atom stereocenters. The van der Waals surface area contributed by atoms with Crippen LogP contribution in [-0.4, -0.2) is 54.9 Å². The Hall–Kier alpha value is -3.79. The molecule has 1 aliphatic rings. The van der Waals surface area contributed by atoms with Gasteiger partial charge < -0.3 is 24.8 Å². The number of nitrogens with one attached hydrogen (secondary N) is 1. The fourth-order valence-corrected chi connectivity index (χ4v) is 4.21. The van der Waals surface area contributed by atoms with Gasteiger partial charge in [-0.25, -0.2) is 9.18 Å². The largest absolute Gasteiger partial charge is 0.497 e. The number of hydrogen-bond acceptors (Lipinski definition) is 7. The summed E-state index contributed by atoms with van der Waals surface area (Å²) in [4.78, 5) is 14.7. The standard InChI is InChI=1S/C27H34FN5O4/c1-17-23(29)25(33(31-17)16-18-6-8-20(35-5)9-7-18)21-14-19(32-10-12-36-13-11-32)15-22(28)24(21)30-26(34)37-27(2,3)4/h6-9,14-15H,10-13,16,29H2,1-5H3,(H,30,34). The first-order chi connectivity index (χ1) is 17.6. The summed E-state index contributed by atoms with van der Waals surface area (Å²) in [5.41, 5.74) is 9.29. The Labute approximate surface area is 216 Å². The van der Waals surface area contributed by atoms with Crippen LogP contribution in [0.3, 0.4) is 0 Å². The molecule has 2 aromatic carbocycles. The van der Waals surface area contributed by atoms with Crippen LogP contribution in [0.15, 0.2) is 36.4 Å². The van der Waals surface area contributed by atoms with Crippen molar-refractivity contribution in [3.8, 4) is 17.0 Å². The molecule has 1 aliphatic heterocycles. The molecule has 0 radical (unpaired) electrons. The van der Waals surface area contributed by atoms with Crippen molar-refractivity contribution >= 4 is 23.2 Å². The molecule has 0 saturated carbocycles. The van der Waals surface area contributed by atoms with Gasteiger partial charge in [0, 0.05) is 24.3 Å². The highest BCUT2D eigenvalue weighted by molar-refractivity contribution is 5.95. The summed E-state index contributed by atoms with van der Waals surface area (Å²) in [6.45, 7) is 9.76. The monoisotopic (exact) mass is 511 g/mol. The molecule has 2 heterocycles. The lowest BCUT2D eigenvalue weighted by atomic mass is 10.0. The molecule has 0 bridgehead atoms. The number of aromatic nitrogens is 2.